The Morgan fingerprint density at radius 2 is 1.89 bits per heavy atom. The number of nitrogens with one attached hydrogen (secondary N) is 3. The Morgan fingerprint density at radius 1 is 1.11 bits per heavy atom. The summed E-state index contributed by atoms with van der Waals surface area (Å²) in [7, 11) is -4.10. The van der Waals surface area contributed by atoms with Crippen LogP contribution in [0.3, 0.4) is 0 Å². The summed E-state index contributed by atoms with van der Waals surface area (Å²) in [5.74, 6) is 3.50. The van der Waals surface area contributed by atoms with Crippen molar-refractivity contribution in [2.75, 3.05) is 39.4 Å². The third-order valence-electron chi connectivity index (χ3n) is 13.7. The maximum absolute atomic E-state index is 14.9. The van der Waals surface area contributed by atoms with Crippen LogP contribution in [0.1, 0.15) is 91.5 Å². The van der Waals surface area contributed by atoms with E-state index in [9.17, 15) is 27.6 Å². The second kappa shape index (κ2) is 17.8. The van der Waals surface area contributed by atoms with Gasteiger partial charge in [0.1, 0.15) is 42.8 Å². The lowest BCUT2D eigenvalue weighted by Gasteiger charge is -2.39. The molecule has 2 saturated heterocycles. The van der Waals surface area contributed by atoms with E-state index in [-0.39, 0.29) is 31.1 Å². The van der Waals surface area contributed by atoms with Crippen molar-refractivity contribution >= 4 is 44.7 Å². The molecular formula is C47H62N6O10S. The highest BCUT2D eigenvalue weighted by Gasteiger charge is 2.57. The number of morpholine rings is 1. The fraction of sp³-hybridized carbons (Fsp3) is 0.638. The quantitative estimate of drug-likeness (QED) is 0.230. The molecule has 4 fully saturated rings. The van der Waals surface area contributed by atoms with Gasteiger partial charge in [0, 0.05) is 24.9 Å². The molecule has 2 saturated carbocycles. The molecule has 0 spiro atoms. The summed E-state index contributed by atoms with van der Waals surface area (Å²) in [5.41, 5.74) is -1.38. The first-order valence-electron chi connectivity index (χ1n) is 22.8. The van der Waals surface area contributed by atoms with Gasteiger partial charge in [0.25, 0.3) is 5.91 Å². The van der Waals surface area contributed by atoms with Crippen molar-refractivity contribution < 1.29 is 46.5 Å². The van der Waals surface area contributed by atoms with Crippen LogP contribution in [0.4, 0.5) is 4.79 Å². The van der Waals surface area contributed by atoms with Crippen LogP contribution in [0.2, 0.25) is 0 Å². The fourth-order valence-electron chi connectivity index (χ4n) is 9.16. The number of sulfonamides is 1. The number of hydrogen-bond acceptors (Lipinski definition) is 12. The van der Waals surface area contributed by atoms with Crippen molar-refractivity contribution in [3.63, 3.8) is 0 Å². The lowest BCUT2D eigenvalue weighted by atomic mass is 9.76. The molecule has 0 radical (unpaired) electrons. The summed E-state index contributed by atoms with van der Waals surface area (Å²) < 4.78 is 53.1. The van der Waals surface area contributed by atoms with E-state index in [4.69, 9.17) is 23.9 Å². The molecule has 8 atom stereocenters. The number of nitrogens with zero attached hydrogens (tertiary/aromatic N) is 3. The van der Waals surface area contributed by atoms with Gasteiger partial charge < -0.3 is 34.5 Å². The Kier molecular flexibility index (Phi) is 12.7. The van der Waals surface area contributed by atoms with Gasteiger partial charge in [-0.1, -0.05) is 70.6 Å². The molecule has 1 aromatic carbocycles. The number of carbonyl (C=O) groups excluding carboxylic acids is 4. The molecule has 17 heteroatoms. The van der Waals surface area contributed by atoms with E-state index in [2.05, 4.69) is 45.6 Å². The van der Waals surface area contributed by atoms with Crippen molar-refractivity contribution in [1.82, 2.24) is 30.1 Å². The maximum Gasteiger partial charge on any atom is 0.408 e. The number of alkyl carbamates (subject to hydrolysis) is 1. The first-order chi connectivity index (χ1) is 30.4. The van der Waals surface area contributed by atoms with E-state index in [0.717, 1.165) is 62.7 Å². The van der Waals surface area contributed by atoms with Gasteiger partial charge in [0.2, 0.25) is 27.7 Å². The summed E-state index contributed by atoms with van der Waals surface area (Å²) in [5, 5.41) is 6.40. The summed E-state index contributed by atoms with van der Waals surface area (Å²) >= 11 is 0. The number of ether oxygens (including phenoxy) is 4. The number of para-hydroxylation sites is 1. The van der Waals surface area contributed by atoms with Crippen LogP contribution in [0, 0.1) is 29.1 Å². The zero-order valence-electron chi connectivity index (χ0n) is 37.6. The van der Waals surface area contributed by atoms with E-state index in [1.54, 1.807) is 6.92 Å². The largest absolute Gasteiger partial charge is 0.490 e. The molecule has 8 rings (SSSR count). The maximum atomic E-state index is 14.9. The second-order valence-electron chi connectivity index (χ2n) is 19.6. The lowest BCUT2D eigenvalue weighted by Crippen LogP contribution is -2.68. The van der Waals surface area contributed by atoms with E-state index >= 15 is 0 Å². The van der Waals surface area contributed by atoms with Crippen molar-refractivity contribution in [1.29, 1.82) is 0 Å². The van der Waals surface area contributed by atoms with Gasteiger partial charge >= 0.3 is 6.09 Å². The van der Waals surface area contributed by atoms with Crippen molar-refractivity contribution in [2.45, 2.75) is 133 Å². The second-order valence-corrected chi connectivity index (χ2v) is 21.8. The van der Waals surface area contributed by atoms with Gasteiger partial charge in [-0.2, -0.15) is 0 Å². The van der Waals surface area contributed by atoms with E-state index < -0.39 is 73.6 Å². The fourth-order valence-corrected chi connectivity index (χ4v) is 10.5. The van der Waals surface area contributed by atoms with Gasteiger partial charge in [-0.15, -0.1) is 6.58 Å². The highest BCUT2D eigenvalue weighted by Crippen LogP contribution is 2.43. The Hall–Kier alpha value is -4.92. The number of pyridine rings is 1. The van der Waals surface area contributed by atoms with Crippen LogP contribution in [0.15, 0.2) is 36.9 Å². The average molecular weight is 903 g/mol. The zero-order chi connectivity index (χ0) is 45.6. The number of amides is 4. The van der Waals surface area contributed by atoms with Crippen LogP contribution >= 0.6 is 0 Å². The van der Waals surface area contributed by atoms with Gasteiger partial charge in [0.15, 0.2) is 5.54 Å². The van der Waals surface area contributed by atoms with Gasteiger partial charge in [-0.25, -0.2) is 22.9 Å². The molecule has 16 nitrogen and oxygen atoms in total. The zero-order valence-corrected chi connectivity index (χ0v) is 38.4. The monoisotopic (exact) mass is 902 g/mol. The first-order valence-corrected chi connectivity index (χ1v) is 24.3. The normalized spacial score (nSPS) is 30.5. The minimum atomic E-state index is -4.10. The first kappa shape index (κ1) is 45.6. The number of hydrogen-bond donors (Lipinski definition) is 3. The molecule has 1 aromatic heterocycles. The van der Waals surface area contributed by atoms with Crippen molar-refractivity contribution in [2.24, 2.45) is 17.3 Å². The molecule has 4 heterocycles. The van der Waals surface area contributed by atoms with Crippen LogP contribution < -0.4 is 24.8 Å². The highest BCUT2D eigenvalue weighted by atomic mass is 32.2. The highest BCUT2D eigenvalue weighted by molar-refractivity contribution is 7.91. The lowest BCUT2D eigenvalue weighted by molar-refractivity contribution is -0.143. The van der Waals surface area contributed by atoms with Gasteiger partial charge in [-0.05, 0) is 75.5 Å². The predicted molar refractivity (Wildman–Crippen MR) is 238 cm³/mol. The minimum absolute atomic E-state index is 0.0320. The number of carbonyl (C=O) groups is 4. The van der Waals surface area contributed by atoms with E-state index in [0.29, 0.717) is 49.6 Å². The summed E-state index contributed by atoms with van der Waals surface area (Å²) in [4.78, 5) is 65.8. The molecular weight excluding hydrogens is 841 g/mol. The summed E-state index contributed by atoms with van der Waals surface area (Å²) in [6.07, 6.45) is 5.07. The third-order valence-corrected chi connectivity index (χ3v) is 15.9. The van der Waals surface area contributed by atoms with Crippen LogP contribution in [0.5, 0.6) is 11.6 Å². The topological polar surface area (TPSA) is 195 Å². The van der Waals surface area contributed by atoms with Gasteiger partial charge in [-0.3, -0.25) is 19.3 Å². The molecule has 4 amide bonds. The van der Waals surface area contributed by atoms with E-state index in [1.165, 1.54) is 11.0 Å². The molecule has 2 bridgehead atoms. The number of rotatable bonds is 10. The predicted octanol–water partition coefficient (Wildman–Crippen LogP) is 4.00. The van der Waals surface area contributed by atoms with E-state index in [1.807, 2.05) is 45.0 Å². The Bertz CT molecular complexity index is 2350. The van der Waals surface area contributed by atoms with Crippen molar-refractivity contribution in [3.05, 3.63) is 42.5 Å². The Balaban J connectivity index is 1.15. The van der Waals surface area contributed by atoms with Crippen LogP contribution in [-0.2, 0) is 40.3 Å². The summed E-state index contributed by atoms with van der Waals surface area (Å²) in [6, 6.07) is 5.34. The van der Waals surface area contributed by atoms with Gasteiger partial charge in [0.05, 0.1) is 34.9 Å². The Labute approximate surface area is 376 Å². The molecule has 3 aliphatic carbocycles. The Morgan fingerprint density at radius 3 is 2.59 bits per heavy atom. The molecule has 346 valence electrons. The van der Waals surface area contributed by atoms with Crippen LogP contribution in [-0.4, -0.2) is 127 Å². The number of fused-ring (bicyclic) bond motifs is 5. The molecule has 2 aromatic rings. The smallest absolute Gasteiger partial charge is 0.408 e. The molecule has 6 aliphatic rings. The minimum Gasteiger partial charge on any atom is -0.490 e. The number of aromatic nitrogens is 1. The average Bonchev–Trinajstić information content (AvgIpc) is 4.14. The molecule has 1 unspecified atom stereocenters. The SMILES string of the molecule is C=C[C@@H]1C#C[C@]1(NC(=O)[C@@H]1C[C@@H]2CN1C(=O)[C@H](C(C)(C)C)NC(=O)O[C@@H]1C[C@H]1CCCCCc1c(nc3ccccc3c1OCC1CN(CC)CCO1)O2)C(=O)NS(=O)(=O)C1(C)CC1. The summed E-state index contributed by atoms with van der Waals surface area (Å²) in [6.45, 7) is 16.3. The standard InChI is InChI=1S/C47H62N6O10S/c1-7-30-18-19-47(30,43(56)51-64(58,59)46(6)20-21-46)50-40(54)36-25-31-27-53(36)42(55)39(45(3,4)5)49-44(57)63-37-24-29(37)14-10-9-11-16-34-38(61-28-32-26-52(8-2)22-23-60-32)33-15-12-13-17-35(33)48-41(34)62-31/h7,12-13,15,17,29-32,36-37,39H,1,8-11,14,16,20-28H2,2-6H3,(H,49,57)(H,50,54)(H,51,56)/t29-,30-,31-,32?,36+,37-,39-,47-/m1/s1. The van der Waals surface area contributed by atoms with Crippen LogP contribution in [0.25, 0.3) is 10.9 Å². The number of likely N-dealkylation sites (N-methyl/N-ethyl adjacent to an activating group) is 1. The molecule has 3 aliphatic heterocycles. The molecule has 3 N–H and O–H groups in total. The number of benzene rings is 1. The van der Waals surface area contributed by atoms with Crippen molar-refractivity contribution in [3.8, 4) is 23.5 Å². The third kappa shape index (κ3) is 9.28. The molecule has 64 heavy (non-hydrogen) atoms.